The summed E-state index contributed by atoms with van der Waals surface area (Å²) < 4.78 is 0. The summed E-state index contributed by atoms with van der Waals surface area (Å²) in [7, 11) is 0. The lowest BCUT2D eigenvalue weighted by Crippen LogP contribution is -2.26. The van der Waals surface area contributed by atoms with Gasteiger partial charge in [0.25, 0.3) is 5.91 Å². The summed E-state index contributed by atoms with van der Waals surface area (Å²) in [5.41, 5.74) is 1.75. The maximum Gasteiger partial charge on any atom is 0.256 e. The Kier molecular flexibility index (Phi) is 2.54. The molecule has 3 nitrogen and oxygen atoms in total. The average Bonchev–Trinajstić information content (AvgIpc) is 2.55. The highest BCUT2D eigenvalue weighted by molar-refractivity contribution is 6.14. The molecule has 1 aliphatic heterocycles. The van der Waals surface area contributed by atoms with E-state index >= 15 is 0 Å². The maximum atomic E-state index is 12.0. The minimum Gasteiger partial charge on any atom is -0.272 e. The zero-order valence-corrected chi connectivity index (χ0v) is 8.97. The summed E-state index contributed by atoms with van der Waals surface area (Å²) >= 11 is 0. The van der Waals surface area contributed by atoms with Crippen molar-refractivity contribution in [1.29, 1.82) is 0 Å². The molecule has 15 heavy (non-hydrogen) atoms. The van der Waals surface area contributed by atoms with Gasteiger partial charge in [0.1, 0.15) is 0 Å². The highest BCUT2D eigenvalue weighted by atomic mass is 16.2. The Hall–Kier alpha value is -1.64. The van der Waals surface area contributed by atoms with Crippen LogP contribution in [-0.4, -0.2) is 11.6 Å². The molecule has 3 heteroatoms. The maximum absolute atomic E-state index is 12.0. The first kappa shape index (κ1) is 9.90. The van der Waals surface area contributed by atoms with Crippen LogP contribution >= 0.6 is 0 Å². The highest BCUT2D eigenvalue weighted by Crippen LogP contribution is 2.24. The van der Waals surface area contributed by atoms with Crippen molar-refractivity contribution in [3.63, 3.8) is 0 Å². The van der Waals surface area contributed by atoms with Crippen molar-refractivity contribution in [3.8, 4) is 0 Å². The molecule has 1 aromatic carbocycles. The second-order valence-corrected chi connectivity index (χ2v) is 3.69. The molecule has 1 heterocycles. The van der Waals surface area contributed by atoms with Gasteiger partial charge in [-0.1, -0.05) is 25.1 Å². The lowest BCUT2D eigenvalue weighted by atomic mass is 10.0. The molecule has 0 aliphatic carbocycles. The van der Waals surface area contributed by atoms with E-state index in [0.29, 0.717) is 0 Å². The first-order valence-electron chi connectivity index (χ1n) is 5.18. The van der Waals surface area contributed by atoms with E-state index in [1.807, 2.05) is 44.2 Å². The van der Waals surface area contributed by atoms with Gasteiger partial charge in [0.05, 0.1) is 11.6 Å². The summed E-state index contributed by atoms with van der Waals surface area (Å²) in [5.74, 6) is 0.0476. The number of anilines is 1. The van der Waals surface area contributed by atoms with Crippen molar-refractivity contribution in [1.82, 2.24) is 0 Å². The van der Waals surface area contributed by atoms with Crippen LogP contribution in [0, 0.1) is 5.92 Å². The van der Waals surface area contributed by atoms with Crippen molar-refractivity contribution < 1.29 is 4.79 Å². The number of benzene rings is 1. The number of para-hydroxylation sites is 1. The molecular formula is C12H14N2O. The Morgan fingerprint density at radius 2 is 2.00 bits per heavy atom. The van der Waals surface area contributed by atoms with Gasteiger partial charge in [-0.05, 0) is 25.5 Å². The van der Waals surface area contributed by atoms with E-state index in [9.17, 15) is 4.79 Å². The Bertz CT molecular complexity index is 397. The van der Waals surface area contributed by atoms with Crippen LogP contribution in [0.2, 0.25) is 0 Å². The molecule has 0 spiro atoms. The van der Waals surface area contributed by atoms with Crippen LogP contribution in [0.5, 0.6) is 0 Å². The molecule has 0 bridgehead atoms. The van der Waals surface area contributed by atoms with Crippen molar-refractivity contribution in [2.45, 2.75) is 20.3 Å². The molecule has 0 N–H and O–H groups in total. The number of carbonyl (C=O) groups is 1. The van der Waals surface area contributed by atoms with Crippen molar-refractivity contribution in [2.75, 3.05) is 5.01 Å². The van der Waals surface area contributed by atoms with E-state index in [-0.39, 0.29) is 11.8 Å². The molecule has 0 radical (unpaired) electrons. The van der Waals surface area contributed by atoms with Gasteiger partial charge in [-0.25, -0.2) is 5.01 Å². The normalized spacial score (nSPS) is 20.7. The third-order valence-electron chi connectivity index (χ3n) is 2.68. The lowest BCUT2D eigenvalue weighted by molar-refractivity contribution is -0.119. The highest BCUT2D eigenvalue weighted by Gasteiger charge is 2.32. The van der Waals surface area contributed by atoms with E-state index in [4.69, 9.17) is 0 Å². The molecule has 2 rings (SSSR count). The molecule has 0 fully saturated rings. The van der Waals surface area contributed by atoms with Crippen LogP contribution in [0.1, 0.15) is 20.3 Å². The minimum atomic E-state index is -0.0368. The summed E-state index contributed by atoms with van der Waals surface area (Å²) in [5, 5.41) is 5.80. The molecule has 0 aromatic heterocycles. The number of carbonyl (C=O) groups excluding carboxylic acids is 1. The van der Waals surface area contributed by atoms with Crippen LogP contribution in [0.15, 0.2) is 35.4 Å². The molecule has 78 valence electrons. The first-order chi connectivity index (χ1) is 7.24. The van der Waals surface area contributed by atoms with E-state index in [0.717, 1.165) is 17.8 Å². The second-order valence-electron chi connectivity index (χ2n) is 3.69. The van der Waals surface area contributed by atoms with Gasteiger partial charge in [-0.15, -0.1) is 0 Å². The Morgan fingerprint density at radius 3 is 2.53 bits per heavy atom. The fourth-order valence-corrected chi connectivity index (χ4v) is 1.83. The summed E-state index contributed by atoms with van der Waals surface area (Å²) in [6, 6.07) is 9.54. The van der Waals surface area contributed by atoms with Crippen LogP contribution in [0.25, 0.3) is 0 Å². The van der Waals surface area contributed by atoms with Crippen LogP contribution in [-0.2, 0) is 4.79 Å². The molecule has 1 unspecified atom stereocenters. The van der Waals surface area contributed by atoms with E-state index in [1.54, 1.807) is 0 Å². The van der Waals surface area contributed by atoms with Crippen molar-refractivity contribution in [2.24, 2.45) is 11.0 Å². The van der Waals surface area contributed by atoms with Crippen LogP contribution < -0.4 is 5.01 Å². The Balaban J connectivity index is 2.31. The Morgan fingerprint density at radius 1 is 1.33 bits per heavy atom. The fraction of sp³-hybridized carbons (Fsp3) is 0.333. The third kappa shape index (κ3) is 1.65. The van der Waals surface area contributed by atoms with Gasteiger partial charge in [0.2, 0.25) is 0 Å². The van der Waals surface area contributed by atoms with E-state index in [2.05, 4.69) is 5.10 Å². The molecular weight excluding hydrogens is 188 g/mol. The van der Waals surface area contributed by atoms with Crippen LogP contribution in [0.3, 0.4) is 0 Å². The first-order valence-corrected chi connectivity index (χ1v) is 5.18. The summed E-state index contributed by atoms with van der Waals surface area (Å²) in [6.07, 6.45) is 0.817. The smallest absolute Gasteiger partial charge is 0.256 e. The topological polar surface area (TPSA) is 32.7 Å². The van der Waals surface area contributed by atoms with E-state index < -0.39 is 0 Å². The van der Waals surface area contributed by atoms with Gasteiger partial charge in [-0.2, -0.15) is 5.10 Å². The fourth-order valence-electron chi connectivity index (χ4n) is 1.83. The monoisotopic (exact) mass is 202 g/mol. The van der Waals surface area contributed by atoms with E-state index in [1.165, 1.54) is 5.01 Å². The second kappa shape index (κ2) is 3.85. The lowest BCUT2D eigenvalue weighted by Gasteiger charge is -2.12. The van der Waals surface area contributed by atoms with Crippen LogP contribution in [0.4, 0.5) is 5.69 Å². The predicted molar refractivity (Wildman–Crippen MR) is 60.8 cm³/mol. The molecule has 1 atom stereocenters. The SMILES string of the molecule is CCC1C(=O)N(c2ccccc2)N=C1C. The van der Waals surface area contributed by atoms with Gasteiger partial charge in [-0.3, -0.25) is 4.79 Å². The summed E-state index contributed by atoms with van der Waals surface area (Å²) in [4.78, 5) is 12.0. The molecule has 0 saturated heterocycles. The number of hydrogen-bond acceptors (Lipinski definition) is 2. The number of hydrazone groups is 1. The van der Waals surface area contributed by atoms with Gasteiger partial charge in [0, 0.05) is 5.71 Å². The number of amides is 1. The quantitative estimate of drug-likeness (QED) is 0.725. The standard InChI is InChI=1S/C12H14N2O/c1-3-11-9(2)13-14(12(11)15)10-7-5-4-6-8-10/h4-8,11H,3H2,1-2H3. The molecule has 1 aliphatic rings. The molecule has 0 saturated carbocycles. The largest absolute Gasteiger partial charge is 0.272 e. The van der Waals surface area contributed by atoms with Gasteiger partial charge in [0.15, 0.2) is 0 Å². The van der Waals surface area contributed by atoms with Gasteiger partial charge < -0.3 is 0 Å². The Labute approximate surface area is 89.4 Å². The number of nitrogens with zero attached hydrogens (tertiary/aromatic N) is 2. The number of rotatable bonds is 2. The zero-order valence-electron chi connectivity index (χ0n) is 8.97. The third-order valence-corrected chi connectivity index (χ3v) is 2.68. The minimum absolute atomic E-state index is 0.0368. The number of hydrogen-bond donors (Lipinski definition) is 0. The average molecular weight is 202 g/mol. The predicted octanol–water partition coefficient (Wildman–Crippen LogP) is 2.44. The van der Waals surface area contributed by atoms with Crippen molar-refractivity contribution >= 4 is 17.3 Å². The molecule has 1 amide bonds. The van der Waals surface area contributed by atoms with Gasteiger partial charge >= 0.3 is 0 Å². The van der Waals surface area contributed by atoms with Crippen molar-refractivity contribution in [3.05, 3.63) is 30.3 Å². The summed E-state index contributed by atoms with van der Waals surface area (Å²) in [6.45, 7) is 3.92. The zero-order chi connectivity index (χ0) is 10.8. The molecule has 1 aromatic rings.